The molecule has 7 nitrogen and oxygen atoms in total. The van der Waals surface area contributed by atoms with Crippen molar-refractivity contribution < 1.29 is 28.6 Å². The Bertz CT molecular complexity index is 558. The van der Waals surface area contributed by atoms with Crippen molar-refractivity contribution in [2.24, 2.45) is 5.92 Å². The van der Waals surface area contributed by atoms with Crippen LogP contribution in [0.4, 0.5) is 4.79 Å². The van der Waals surface area contributed by atoms with Crippen LogP contribution in [-0.2, 0) is 23.8 Å². The first-order valence-electron chi connectivity index (χ1n) is 8.21. The molecule has 1 amide bonds. The molecule has 0 bridgehead atoms. The molecule has 0 spiro atoms. The van der Waals surface area contributed by atoms with Crippen molar-refractivity contribution in [3.63, 3.8) is 0 Å². The van der Waals surface area contributed by atoms with Crippen LogP contribution in [0.1, 0.15) is 47.0 Å². The van der Waals surface area contributed by atoms with Crippen molar-refractivity contribution >= 4 is 18.0 Å². The summed E-state index contributed by atoms with van der Waals surface area (Å²) in [6, 6.07) is -0.859. The Morgan fingerprint density at radius 1 is 1.32 bits per heavy atom. The normalized spacial score (nSPS) is 22.8. The number of methoxy groups -OCH3 is 1. The van der Waals surface area contributed by atoms with E-state index in [2.05, 4.69) is 12.3 Å². The fourth-order valence-electron chi connectivity index (χ4n) is 2.80. The lowest BCUT2D eigenvalue weighted by Gasteiger charge is -2.31. The third-order valence-corrected chi connectivity index (χ3v) is 3.73. The fraction of sp³-hybridized carbons (Fsp3) is 0.667. The van der Waals surface area contributed by atoms with E-state index in [4.69, 9.17) is 14.2 Å². The van der Waals surface area contributed by atoms with Crippen molar-refractivity contribution in [1.29, 1.82) is 0 Å². The summed E-state index contributed by atoms with van der Waals surface area (Å²) in [6.07, 6.45) is 1.74. The maximum absolute atomic E-state index is 12.6. The average Bonchev–Trinajstić information content (AvgIpc) is 2.83. The summed E-state index contributed by atoms with van der Waals surface area (Å²) in [6.45, 7) is 9.94. The van der Waals surface area contributed by atoms with Crippen LogP contribution in [0.5, 0.6) is 0 Å². The molecule has 1 unspecified atom stereocenters. The summed E-state index contributed by atoms with van der Waals surface area (Å²) < 4.78 is 15.6. The second-order valence-corrected chi connectivity index (χ2v) is 6.91. The molecule has 0 aromatic rings. The number of hydrogen-bond donors (Lipinski definition) is 0. The lowest BCUT2D eigenvalue weighted by molar-refractivity contribution is -0.161. The molecule has 1 aliphatic heterocycles. The van der Waals surface area contributed by atoms with Gasteiger partial charge in [-0.3, -0.25) is 9.69 Å². The van der Waals surface area contributed by atoms with Crippen LogP contribution in [0, 0.1) is 5.92 Å². The molecule has 1 saturated heterocycles. The molecular weight excluding hydrogens is 326 g/mol. The molecule has 25 heavy (non-hydrogen) atoms. The van der Waals surface area contributed by atoms with E-state index in [-0.39, 0.29) is 5.92 Å². The van der Waals surface area contributed by atoms with Crippen molar-refractivity contribution in [3.8, 4) is 0 Å². The molecule has 1 fully saturated rings. The van der Waals surface area contributed by atoms with Gasteiger partial charge in [0.25, 0.3) is 0 Å². The molecule has 0 radical (unpaired) electrons. The fourth-order valence-corrected chi connectivity index (χ4v) is 2.80. The number of rotatable bonds is 5. The molecule has 0 aromatic heterocycles. The molecule has 0 saturated carbocycles. The van der Waals surface area contributed by atoms with Gasteiger partial charge in [0.1, 0.15) is 11.6 Å². The molecule has 0 N–H and O–H groups in total. The van der Waals surface area contributed by atoms with Gasteiger partial charge in [-0.15, -0.1) is 5.73 Å². The number of ether oxygens (including phenoxy) is 3. The van der Waals surface area contributed by atoms with Gasteiger partial charge in [-0.1, -0.05) is 6.58 Å². The zero-order valence-electron chi connectivity index (χ0n) is 15.5. The van der Waals surface area contributed by atoms with Crippen LogP contribution in [0.25, 0.3) is 0 Å². The van der Waals surface area contributed by atoms with Crippen molar-refractivity contribution in [2.75, 3.05) is 7.11 Å². The van der Waals surface area contributed by atoms with E-state index >= 15 is 0 Å². The first-order chi connectivity index (χ1) is 11.6. The highest BCUT2D eigenvalue weighted by molar-refractivity contribution is 5.82. The summed E-state index contributed by atoms with van der Waals surface area (Å²) in [5.41, 5.74) is 1.93. The van der Waals surface area contributed by atoms with E-state index < -0.39 is 35.9 Å². The van der Waals surface area contributed by atoms with Crippen molar-refractivity contribution in [2.45, 2.75) is 64.8 Å². The van der Waals surface area contributed by atoms with Gasteiger partial charge in [-0.25, -0.2) is 9.59 Å². The summed E-state index contributed by atoms with van der Waals surface area (Å²) in [4.78, 5) is 37.5. The summed E-state index contributed by atoms with van der Waals surface area (Å²) in [5, 5.41) is 0. The Morgan fingerprint density at radius 3 is 2.44 bits per heavy atom. The zero-order chi connectivity index (χ0) is 19.2. The van der Waals surface area contributed by atoms with E-state index in [1.54, 1.807) is 26.8 Å². The van der Waals surface area contributed by atoms with E-state index in [9.17, 15) is 14.4 Å². The molecule has 1 rings (SSSR count). The third-order valence-electron chi connectivity index (χ3n) is 3.73. The summed E-state index contributed by atoms with van der Waals surface area (Å²) in [5.74, 6) is -1.32. The van der Waals surface area contributed by atoms with Crippen LogP contribution in [-0.4, -0.2) is 47.9 Å². The molecular formula is C18H27NO6. The first kappa shape index (κ1) is 20.8. The lowest BCUT2D eigenvalue weighted by atomic mass is 9.98. The Labute approximate surface area is 148 Å². The Morgan fingerprint density at radius 2 is 1.96 bits per heavy atom. The minimum absolute atomic E-state index is 0.217. The number of carbonyl (C=O) groups is 3. The highest BCUT2D eigenvalue weighted by Crippen LogP contribution is 2.36. The Balaban J connectivity index is 3.14. The molecule has 7 heteroatoms. The van der Waals surface area contributed by atoms with Crippen LogP contribution in [0.3, 0.4) is 0 Å². The lowest BCUT2D eigenvalue weighted by Crippen LogP contribution is -2.49. The predicted molar refractivity (Wildman–Crippen MR) is 90.5 cm³/mol. The minimum Gasteiger partial charge on any atom is -0.467 e. The van der Waals surface area contributed by atoms with E-state index in [0.29, 0.717) is 19.3 Å². The monoisotopic (exact) mass is 353 g/mol. The Kier molecular flexibility index (Phi) is 7.24. The van der Waals surface area contributed by atoms with Gasteiger partial charge in [0.05, 0.1) is 7.11 Å². The Hall–Kier alpha value is -2.27. The molecule has 140 valence electrons. The van der Waals surface area contributed by atoms with Crippen LogP contribution in [0.2, 0.25) is 0 Å². The van der Waals surface area contributed by atoms with Crippen LogP contribution in [0.15, 0.2) is 18.4 Å². The average molecular weight is 353 g/mol. The number of likely N-dealkylation sites (tertiary alicyclic amines) is 1. The maximum atomic E-state index is 12.6. The summed E-state index contributed by atoms with van der Waals surface area (Å²) >= 11 is 0. The third kappa shape index (κ3) is 5.94. The van der Waals surface area contributed by atoms with Gasteiger partial charge in [0.15, 0.2) is 6.23 Å². The van der Waals surface area contributed by atoms with Gasteiger partial charge in [0.2, 0.25) is 0 Å². The highest BCUT2D eigenvalue weighted by Gasteiger charge is 2.50. The second kappa shape index (κ2) is 8.72. The number of amides is 1. The number of carbonyl (C=O) groups excluding carboxylic acids is 3. The maximum Gasteiger partial charge on any atom is 0.413 e. The van der Waals surface area contributed by atoms with Crippen LogP contribution < -0.4 is 0 Å². The minimum atomic E-state index is -0.880. The van der Waals surface area contributed by atoms with E-state index in [1.807, 2.05) is 0 Å². The predicted octanol–water partition coefficient (Wildman–Crippen LogP) is 2.80. The smallest absolute Gasteiger partial charge is 0.413 e. The molecule has 1 heterocycles. The molecule has 1 aliphatic rings. The SMILES string of the molecule is C=C=CCC[C@H]1C[C@@H](C(=O)OC)N(C(=O)OC(C)(C)C)C1OC(C)=O. The van der Waals surface area contributed by atoms with Gasteiger partial charge >= 0.3 is 18.0 Å². The van der Waals surface area contributed by atoms with Crippen molar-refractivity contribution in [1.82, 2.24) is 4.90 Å². The quantitative estimate of drug-likeness (QED) is 0.429. The first-order valence-corrected chi connectivity index (χ1v) is 8.21. The summed E-state index contributed by atoms with van der Waals surface area (Å²) in [7, 11) is 1.25. The molecule has 0 aliphatic carbocycles. The zero-order valence-corrected chi connectivity index (χ0v) is 15.5. The second-order valence-electron chi connectivity index (χ2n) is 6.91. The van der Waals surface area contributed by atoms with E-state index in [0.717, 1.165) is 0 Å². The molecule has 0 aromatic carbocycles. The number of esters is 2. The molecule has 3 atom stereocenters. The largest absolute Gasteiger partial charge is 0.467 e. The van der Waals surface area contributed by atoms with Gasteiger partial charge in [0, 0.05) is 12.8 Å². The topological polar surface area (TPSA) is 82.1 Å². The van der Waals surface area contributed by atoms with E-state index in [1.165, 1.54) is 18.9 Å². The number of nitrogens with zero attached hydrogens (tertiary/aromatic N) is 1. The number of hydrogen-bond acceptors (Lipinski definition) is 6. The van der Waals surface area contributed by atoms with Crippen molar-refractivity contribution in [3.05, 3.63) is 18.4 Å². The standard InChI is InChI=1S/C18H27NO6/c1-7-8-9-10-13-11-14(16(21)23-6)19(15(13)24-12(2)20)17(22)25-18(3,4)5/h8,13-15H,1,9-11H2,2-6H3/t13-,14-,15?/m0/s1. The van der Waals surface area contributed by atoms with Gasteiger partial charge in [-0.2, -0.15) is 0 Å². The highest BCUT2D eigenvalue weighted by atomic mass is 16.6. The van der Waals surface area contributed by atoms with Gasteiger partial charge < -0.3 is 14.2 Å². The van der Waals surface area contributed by atoms with Gasteiger partial charge in [-0.05, 0) is 46.1 Å². The van der Waals surface area contributed by atoms with Crippen LogP contribution >= 0.6 is 0 Å². The number of allylic oxidation sites excluding steroid dienone is 1.